The van der Waals surface area contributed by atoms with E-state index in [2.05, 4.69) is 31.2 Å². The highest BCUT2D eigenvalue weighted by Crippen LogP contribution is 2.28. The Kier molecular flexibility index (Phi) is 4.55. The lowest BCUT2D eigenvalue weighted by molar-refractivity contribution is 0.385. The molecule has 0 unspecified atom stereocenters. The van der Waals surface area contributed by atoms with Gasteiger partial charge in [-0.25, -0.2) is 8.42 Å². The first-order chi connectivity index (χ1) is 11.0. The number of rotatable bonds is 4. The number of benzene rings is 2. The average Bonchev–Trinajstić information content (AvgIpc) is 2.99. The van der Waals surface area contributed by atoms with Crippen molar-refractivity contribution in [1.29, 1.82) is 0 Å². The third-order valence-corrected chi connectivity index (χ3v) is 6.51. The van der Waals surface area contributed by atoms with Crippen LogP contribution < -0.4 is 0 Å². The molecule has 0 saturated carbocycles. The SMILES string of the molecule is Cc1ccc(C[C@H]2CCCN2S(=O)(=O)c2ccc(C)cc2)cc1. The fourth-order valence-electron chi connectivity index (χ4n) is 3.17. The molecule has 3 rings (SSSR count). The van der Waals surface area contributed by atoms with Crippen LogP contribution in [0, 0.1) is 13.8 Å². The Morgan fingerprint density at radius 3 is 2.13 bits per heavy atom. The van der Waals surface area contributed by atoms with Crippen LogP contribution in [-0.4, -0.2) is 25.3 Å². The van der Waals surface area contributed by atoms with E-state index in [9.17, 15) is 8.42 Å². The van der Waals surface area contributed by atoms with Gasteiger partial charge in [0.2, 0.25) is 10.0 Å². The highest BCUT2D eigenvalue weighted by molar-refractivity contribution is 7.89. The van der Waals surface area contributed by atoms with Crippen LogP contribution >= 0.6 is 0 Å². The highest BCUT2D eigenvalue weighted by atomic mass is 32.2. The molecule has 1 aliphatic heterocycles. The van der Waals surface area contributed by atoms with Gasteiger partial charge in [-0.2, -0.15) is 4.31 Å². The molecule has 2 aromatic rings. The van der Waals surface area contributed by atoms with Crippen molar-refractivity contribution in [3.8, 4) is 0 Å². The van der Waals surface area contributed by atoms with E-state index in [1.54, 1.807) is 16.4 Å². The molecule has 23 heavy (non-hydrogen) atoms. The fourth-order valence-corrected chi connectivity index (χ4v) is 4.86. The van der Waals surface area contributed by atoms with Crippen LogP contribution in [0.1, 0.15) is 29.5 Å². The lowest BCUT2D eigenvalue weighted by Crippen LogP contribution is -2.36. The molecule has 0 spiro atoms. The zero-order valence-corrected chi connectivity index (χ0v) is 14.5. The lowest BCUT2D eigenvalue weighted by atomic mass is 10.0. The van der Waals surface area contributed by atoms with Crippen molar-refractivity contribution >= 4 is 10.0 Å². The Labute approximate surface area is 139 Å². The predicted octanol–water partition coefficient (Wildman–Crippen LogP) is 3.70. The van der Waals surface area contributed by atoms with Crippen molar-refractivity contribution in [3.63, 3.8) is 0 Å². The molecule has 4 heteroatoms. The number of hydrogen-bond donors (Lipinski definition) is 0. The highest BCUT2D eigenvalue weighted by Gasteiger charge is 2.35. The van der Waals surface area contributed by atoms with Crippen molar-refractivity contribution in [1.82, 2.24) is 4.31 Å². The first-order valence-corrected chi connectivity index (χ1v) is 9.55. The molecule has 1 atom stereocenters. The maximum atomic E-state index is 12.9. The van der Waals surface area contributed by atoms with Gasteiger partial charge in [0, 0.05) is 12.6 Å². The van der Waals surface area contributed by atoms with E-state index in [0.717, 1.165) is 24.8 Å². The van der Waals surface area contributed by atoms with Crippen LogP contribution in [-0.2, 0) is 16.4 Å². The Hall–Kier alpha value is -1.65. The Morgan fingerprint density at radius 1 is 0.957 bits per heavy atom. The summed E-state index contributed by atoms with van der Waals surface area (Å²) in [6.45, 7) is 4.65. The Balaban J connectivity index is 1.83. The molecule has 0 N–H and O–H groups in total. The summed E-state index contributed by atoms with van der Waals surface area (Å²) < 4.78 is 27.5. The molecular formula is C19H23NO2S. The van der Waals surface area contributed by atoms with Crippen LogP contribution in [0.5, 0.6) is 0 Å². The summed E-state index contributed by atoms with van der Waals surface area (Å²) in [5, 5.41) is 0. The van der Waals surface area contributed by atoms with E-state index in [-0.39, 0.29) is 6.04 Å². The number of sulfonamides is 1. The summed E-state index contributed by atoms with van der Waals surface area (Å²) in [5.74, 6) is 0. The molecular weight excluding hydrogens is 306 g/mol. The summed E-state index contributed by atoms with van der Waals surface area (Å²) in [6.07, 6.45) is 2.64. The van der Waals surface area contributed by atoms with E-state index in [4.69, 9.17) is 0 Å². The van der Waals surface area contributed by atoms with Crippen LogP contribution in [0.15, 0.2) is 53.4 Å². The summed E-state index contributed by atoms with van der Waals surface area (Å²) >= 11 is 0. The van der Waals surface area contributed by atoms with Gasteiger partial charge >= 0.3 is 0 Å². The van der Waals surface area contributed by atoms with Gasteiger partial charge in [-0.3, -0.25) is 0 Å². The fraction of sp³-hybridized carbons (Fsp3) is 0.368. The first kappa shape index (κ1) is 16.2. The second-order valence-corrected chi connectivity index (χ2v) is 8.31. The van der Waals surface area contributed by atoms with Gasteiger partial charge in [0.25, 0.3) is 0 Å². The summed E-state index contributed by atoms with van der Waals surface area (Å²) in [4.78, 5) is 0.402. The summed E-state index contributed by atoms with van der Waals surface area (Å²) in [6, 6.07) is 15.6. The third-order valence-electron chi connectivity index (χ3n) is 4.54. The van der Waals surface area contributed by atoms with Crippen LogP contribution in [0.25, 0.3) is 0 Å². The second-order valence-electron chi connectivity index (χ2n) is 6.41. The molecule has 0 aliphatic carbocycles. The van der Waals surface area contributed by atoms with Crippen LogP contribution in [0.2, 0.25) is 0 Å². The van der Waals surface area contributed by atoms with Crippen molar-refractivity contribution in [3.05, 3.63) is 65.2 Å². The van der Waals surface area contributed by atoms with Gasteiger partial charge in [0.1, 0.15) is 0 Å². The zero-order valence-electron chi connectivity index (χ0n) is 13.7. The number of nitrogens with zero attached hydrogens (tertiary/aromatic N) is 1. The van der Waals surface area contributed by atoms with Crippen molar-refractivity contribution in [2.45, 2.75) is 44.0 Å². The van der Waals surface area contributed by atoms with Gasteiger partial charge in [0.05, 0.1) is 4.90 Å². The van der Waals surface area contributed by atoms with E-state index >= 15 is 0 Å². The van der Waals surface area contributed by atoms with Gasteiger partial charge < -0.3 is 0 Å². The Bertz CT molecular complexity index is 764. The summed E-state index contributed by atoms with van der Waals surface area (Å²) in [5.41, 5.74) is 3.50. The smallest absolute Gasteiger partial charge is 0.207 e. The van der Waals surface area contributed by atoms with Gasteiger partial charge in [-0.15, -0.1) is 0 Å². The molecule has 0 bridgehead atoms. The van der Waals surface area contributed by atoms with Gasteiger partial charge in [-0.05, 0) is 50.8 Å². The van der Waals surface area contributed by atoms with E-state index in [0.29, 0.717) is 11.4 Å². The predicted molar refractivity (Wildman–Crippen MR) is 93.0 cm³/mol. The molecule has 0 aromatic heterocycles. The topological polar surface area (TPSA) is 37.4 Å². The van der Waals surface area contributed by atoms with Gasteiger partial charge in [0.15, 0.2) is 0 Å². The quantitative estimate of drug-likeness (QED) is 0.858. The molecule has 0 radical (unpaired) electrons. The van der Waals surface area contributed by atoms with Gasteiger partial charge in [-0.1, -0.05) is 47.5 Å². The van der Waals surface area contributed by atoms with Crippen LogP contribution in [0.4, 0.5) is 0 Å². The summed E-state index contributed by atoms with van der Waals surface area (Å²) in [7, 11) is -3.40. The van der Waals surface area contributed by atoms with Crippen molar-refractivity contribution in [2.24, 2.45) is 0 Å². The molecule has 1 fully saturated rings. The standard InChI is InChI=1S/C19H23NO2S/c1-15-5-9-17(10-6-15)14-18-4-3-13-20(18)23(21,22)19-11-7-16(2)8-12-19/h5-12,18H,3-4,13-14H2,1-2H3/t18-/m1/s1. The van der Waals surface area contributed by atoms with Crippen molar-refractivity contribution < 1.29 is 8.42 Å². The number of aryl methyl sites for hydroxylation is 2. The molecule has 1 heterocycles. The molecule has 0 amide bonds. The lowest BCUT2D eigenvalue weighted by Gasteiger charge is -2.24. The molecule has 122 valence electrons. The molecule has 3 nitrogen and oxygen atoms in total. The maximum absolute atomic E-state index is 12.9. The maximum Gasteiger partial charge on any atom is 0.243 e. The molecule has 1 aliphatic rings. The first-order valence-electron chi connectivity index (χ1n) is 8.11. The van der Waals surface area contributed by atoms with Crippen LogP contribution in [0.3, 0.4) is 0 Å². The largest absolute Gasteiger partial charge is 0.243 e. The molecule has 1 saturated heterocycles. The second kappa shape index (κ2) is 6.46. The minimum absolute atomic E-state index is 0.0593. The normalized spacial score (nSPS) is 19.1. The van der Waals surface area contributed by atoms with Crippen molar-refractivity contribution in [2.75, 3.05) is 6.54 Å². The average molecular weight is 329 g/mol. The number of hydrogen-bond acceptors (Lipinski definition) is 2. The molecule has 2 aromatic carbocycles. The van der Waals surface area contributed by atoms with E-state index in [1.807, 2.05) is 19.1 Å². The van der Waals surface area contributed by atoms with E-state index < -0.39 is 10.0 Å². The third kappa shape index (κ3) is 3.48. The van der Waals surface area contributed by atoms with E-state index in [1.165, 1.54) is 11.1 Å². The Morgan fingerprint density at radius 2 is 1.52 bits per heavy atom. The monoisotopic (exact) mass is 329 g/mol. The zero-order chi connectivity index (χ0) is 16.4. The minimum atomic E-state index is -3.40. The minimum Gasteiger partial charge on any atom is -0.207 e.